The fourth-order valence-corrected chi connectivity index (χ4v) is 1.07. The summed E-state index contributed by atoms with van der Waals surface area (Å²) in [6, 6.07) is 0. The summed E-state index contributed by atoms with van der Waals surface area (Å²) in [5.41, 5.74) is 0. The largest absolute Gasteiger partial charge is 0.503 e. The average molecular weight is 256 g/mol. The number of aliphatic hydroxyl groups is 4. The standard InChI is InChI=1S/C6H10O7.CH2O3/c7-1-2(8)4(5(10)11)13-6(12)3(1)9;2-1(3)4/h1-4,6-9,12H,(H,10,11);(H2,2,3,4)/t1-,2-,3+,4-,6?;/m0./s1. The van der Waals surface area contributed by atoms with Gasteiger partial charge in [0.25, 0.3) is 0 Å². The van der Waals surface area contributed by atoms with Gasteiger partial charge in [-0.2, -0.15) is 0 Å². The van der Waals surface area contributed by atoms with Gasteiger partial charge in [-0.3, -0.25) is 0 Å². The van der Waals surface area contributed by atoms with Crippen LogP contribution in [0.2, 0.25) is 0 Å². The van der Waals surface area contributed by atoms with Gasteiger partial charge in [0, 0.05) is 0 Å². The maximum Gasteiger partial charge on any atom is 0.503 e. The van der Waals surface area contributed by atoms with Crippen molar-refractivity contribution in [2.24, 2.45) is 0 Å². The molecule has 100 valence electrons. The van der Waals surface area contributed by atoms with Crippen molar-refractivity contribution in [3.05, 3.63) is 0 Å². The van der Waals surface area contributed by atoms with Crippen molar-refractivity contribution in [2.45, 2.75) is 30.7 Å². The molecule has 0 spiro atoms. The number of hydrogen-bond donors (Lipinski definition) is 7. The third kappa shape index (κ3) is 4.50. The second-order valence-corrected chi connectivity index (χ2v) is 3.04. The van der Waals surface area contributed by atoms with Crippen molar-refractivity contribution in [2.75, 3.05) is 0 Å². The van der Waals surface area contributed by atoms with Crippen molar-refractivity contribution < 1.29 is 50.1 Å². The van der Waals surface area contributed by atoms with Gasteiger partial charge in [0.05, 0.1) is 0 Å². The number of aliphatic hydroxyl groups excluding tert-OH is 4. The molecule has 17 heavy (non-hydrogen) atoms. The number of hydrogen-bond acceptors (Lipinski definition) is 7. The first-order chi connectivity index (χ1) is 7.68. The van der Waals surface area contributed by atoms with Gasteiger partial charge in [0.2, 0.25) is 0 Å². The Bertz CT molecular complexity index is 274. The SMILES string of the molecule is O=C(O)O.O=C(O)[C@H]1OC(O)[C@H](O)[C@@H](O)[C@@H]1O. The second kappa shape index (κ2) is 6.32. The van der Waals surface area contributed by atoms with Crippen molar-refractivity contribution in [3.8, 4) is 0 Å². The fraction of sp³-hybridized carbons (Fsp3) is 0.714. The highest BCUT2D eigenvalue weighted by molar-refractivity contribution is 5.73. The molecule has 10 nitrogen and oxygen atoms in total. The number of carboxylic acid groups (broad SMARTS) is 3. The predicted octanol–water partition coefficient (Wildman–Crippen LogP) is -2.91. The molecule has 1 aliphatic heterocycles. The summed E-state index contributed by atoms with van der Waals surface area (Å²) < 4.78 is 4.34. The maximum atomic E-state index is 10.4. The molecule has 5 atom stereocenters. The minimum atomic E-state index is -1.83. The normalized spacial score (nSPS) is 36.6. The van der Waals surface area contributed by atoms with E-state index in [4.69, 9.17) is 40.5 Å². The molecule has 0 aromatic carbocycles. The molecule has 0 saturated carbocycles. The lowest BCUT2D eigenvalue weighted by Crippen LogP contribution is -2.59. The summed E-state index contributed by atoms with van der Waals surface area (Å²) in [5, 5.41) is 58.3. The first-order valence-corrected chi connectivity index (χ1v) is 4.21. The Labute approximate surface area is 93.9 Å². The quantitative estimate of drug-likeness (QED) is 0.256. The molecule has 1 unspecified atom stereocenters. The zero-order valence-electron chi connectivity index (χ0n) is 8.24. The minimum absolute atomic E-state index is 1.52. The highest BCUT2D eigenvalue weighted by Crippen LogP contribution is 2.19. The second-order valence-electron chi connectivity index (χ2n) is 3.04. The monoisotopic (exact) mass is 256 g/mol. The van der Waals surface area contributed by atoms with Crippen LogP contribution in [-0.2, 0) is 9.53 Å². The lowest BCUT2D eigenvalue weighted by Gasteiger charge is -2.36. The van der Waals surface area contributed by atoms with E-state index in [1.807, 2.05) is 0 Å². The molecule has 1 saturated heterocycles. The Balaban J connectivity index is 0.000000557. The van der Waals surface area contributed by atoms with Crippen molar-refractivity contribution in [3.63, 3.8) is 0 Å². The van der Waals surface area contributed by atoms with E-state index >= 15 is 0 Å². The van der Waals surface area contributed by atoms with Gasteiger partial charge >= 0.3 is 12.1 Å². The van der Waals surface area contributed by atoms with Gasteiger partial charge in [-0.05, 0) is 0 Å². The van der Waals surface area contributed by atoms with Crippen LogP contribution in [0.15, 0.2) is 0 Å². The molecule has 1 rings (SSSR count). The molecule has 0 aromatic heterocycles. The van der Waals surface area contributed by atoms with Crippen molar-refractivity contribution >= 4 is 12.1 Å². The third-order valence-electron chi connectivity index (χ3n) is 1.83. The molecule has 10 heteroatoms. The van der Waals surface area contributed by atoms with E-state index in [-0.39, 0.29) is 0 Å². The number of carboxylic acids is 1. The molecule has 0 radical (unpaired) electrons. The van der Waals surface area contributed by atoms with Crippen LogP contribution >= 0.6 is 0 Å². The van der Waals surface area contributed by atoms with E-state index < -0.39 is 42.8 Å². The number of aliphatic carboxylic acids is 1. The van der Waals surface area contributed by atoms with Crippen molar-refractivity contribution in [1.82, 2.24) is 0 Å². The smallest absolute Gasteiger partial charge is 0.479 e. The van der Waals surface area contributed by atoms with E-state index in [0.29, 0.717) is 0 Å². The summed E-state index contributed by atoms with van der Waals surface area (Å²) in [6.07, 6.45) is -10.6. The molecule has 0 aromatic rings. The first kappa shape index (κ1) is 15.5. The molecule has 7 N–H and O–H groups in total. The summed E-state index contributed by atoms with van der Waals surface area (Å²) in [6.45, 7) is 0. The summed E-state index contributed by atoms with van der Waals surface area (Å²) in [5.74, 6) is -1.52. The van der Waals surface area contributed by atoms with Crippen LogP contribution in [-0.4, -0.2) is 78.6 Å². The zero-order valence-corrected chi connectivity index (χ0v) is 8.24. The number of carbonyl (C=O) groups is 2. The lowest BCUT2D eigenvalue weighted by molar-refractivity contribution is -0.279. The van der Waals surface area contributed by atoms with Crippen LogP contribution in [0.4, 0.5) is 4.79 Å². The van der Waals surface area contributed by atoms with E-state index in [1.54, 1.807) is 0 Å². The Kier molecular flexibility index (Phi) is 5.78. The topological polar surface area (TPSA) is 185 Å². The molecule has 0 aliphatic carbocycles. The van der Waals surface area contributed by atoms with Crippen LogP contribution in [0, 0.1) is 0 Å². The van der Waals surface area contributed by atoms with E-state index in [1.165, 1.54) is 0 Å². The molecule has 0 bridgehead atoms. The molecule has 1 aliphatic rings. The van der Waals surface area contributed by atoms with Gasteiger partial charge < -0.3 is 40.5 Å². The van der Waals surface area contributed by atoms with Crippen LogP contribution < -0.4 is 0 Å². The third-order valence-corrected chi connectivity index (χ3v) is 1.83. The molecular weight excluding hydrogens is 244 g/mol. The van der Waals surface area contributed by atoms with Crippen LogP contribution in [0.25, 0.3) is 0 Å². The first-order valence-electron chi connectivity index (χ1n) is 4.21. The van der Waals surface area contributed by atoms with Gasteiger partial charge in [-0.25, -0.2) is 9.59 Å². The highest BCUT2D eigenvalue weighted by Gasteiger charge is 2.46. The van der Waals surface area contributed by atoms with Crippen LogP contribution in [0.1, 0.15) is 0 Å². The fourth-order valence-electron chi connectivity index (χ4n) is 1.07. The van der Waals surface area contributed by atoms with E-state index in [9.17, 15) is 4.79 Å². The van der Waals surface area contributed by atoms with Gasteiger partial charge in [-0.15, -0.1) is 0 Å². The van der Waals surface area contributed by atoms with Crippen LogP contribution in [0.5, 0.6) is 0 Å². The van der Waals surface area contributed by atoms with Crippen LogP contribution in [0.3, 0.4) is 0 Å². The predicted molar refractivity (Wildman–Crippen MR) is 47.2 cm³/mol. The summed E-state index contributed by atoms with van der Waals surface area (Å²) in [7, 11) is 0. The molecule has 1 heterocycles. The zero-order chi connectivity index (χ0) is 13.7. The van der Waals surface area contributed by atoms with Gasteiger partial charge in [0.1, 0.15) is 18.3 Å². The molecular formula is C7H12O10. The minimum Gasteiger partial charge on any atom is -0.479 e. The van der Waals surface area contributed by atoms with E-state index in [2.05, 4.69) is 4.74 Å². The number of rotatable bonds is 1. The maximum absolute atomic E-state index is 10.4. The molecule has 1 fully saturated rings. The summed E-state index contributed by atoms with van der Waals surface area (Å²) in [4.78, 5) is 18.9. The Morgan fingerprint density at radius 3 is 1.59 bits per heavy atom. The lowest BCUT2D eigenvalue weighted by atomic mass is 9.99. The highest BCUT2D eigenvalue weighted by atomic mass is 16.6. The number of ether oxygens (including phenoxy) is 1. The van der Waals surface area contributed by atoms with E-state index in [0.717, 1.165) is 0 Å². The summed E-state index contributed by atoms with van der Waals surface area (Å²) >= 11 is 0. The Hall–Kier alpha value is -1.46. The molecule has 0 amide bonds. The Morgan fingerprint density at radius 2 is 1.24 bits per heavy atom. The average Bonchev–Trinajstić information content (AvgIpc) is 2.19. The van der Waals surface area contributed by atoms with Gasteiger partial charge in [0.15, 0.2) is 12.4 Å². The van der Waals surface area contributed by atoms with Gasteiger partial charge in [-0.1, -0.05) is 0 Å². The van der Waals surface area contributed by atoms with Crippen molar-refractivity contribution in [1.29, 1.82) is 0 Å². The Morgan fingerprint density at radius 1 is 0.824 bits per heavy atom.